The quantitative estimate of drug-likeness (QED) is 0.859. The number of nitrogens with zero attached hydrogens (tertiary/aromatic N) is 3. The summed E-state index contributed by atoms with van der Waals surface area (Å²) in [5, 5.41) is 15.7. The summed E-state index contributed by atoms with van der Waals surface area (Å²) in [7, 11) is 0. The van der Waals surface area contributed by atoms with Crippen LogP contribution in [-0.2, 0) is 6.54 Å². The maximum absolute atomic E-state index is 10.3. The average Bonchev–Trinajstić information content (AvgIpc) is 3.10. The molecule has 108 valence electrons. The molecule has 0 saturated carbocycles. The van der Waals surface area contributed by atoms with Gasteiger partial charge in [0.25, 0.3) is 0 Å². The summed E-state index contributed by atoms with van der Waals surface area (Å²) >= 11 is 1.67. The largest absolute Gasteiger partial charge is 0.390 e. The molecule has 1 unspecified atom stereocenters. The van der Waals surface area contributed by atoms with E-state index in [4.69, 9.17) is 0 Å². The molecule has 0 aliphatic carbocycles. The van der Waals surface area contributed by atoms with Crippen LogP contribution in [-0.4, -0.2) is 58.4 Å². The lowest BCUT2D eigenvalue weighted by atomic mass is 10.2. The fraction of sp³-hybridized carbons (Fsp3) is 0.500. The van der Waals surface area contributed by atoms with Gasteiger partial charge in [0.1, 0.15) is 5.82 Å². The van der Waals surface area contributed by atoms with Gasteiger partial charge in [-0.25, -0.2) is 4.98 Å². The Kier molecular flexibility index (Phi) is 4.47. The van der Waals surface area contributed by atoms with Gasteiger partial charge in [-0.15, -0.1) is 11.3 Å². The van der Waals surface area contributed by atoms with E-state index in [1.807, 2.05) is 22.2 Å². The van der Waals surface area contributed by atoms with Crippen molar-refractivity contribution >= 4 is 11.3 Å². The summed E-state index contributed by atoms with van der Waals surface area (Å²) in [5.41, 5.74) is 0. The molecule has 1 aliphatic heterocycles. The molecule has 0 radical (unpaired) electrons. The minimum Gasteiger partial charge on any atom is -0.390 e. The third-order valence-electron chi connectivity index (χ3n) is 3.54. The van der Waals surface area contributed by atoms with Crippen LogP contribution in [0.25, 0.3) is 10.7 Å². The van der Waals surface area contributed by atoms with Gasteiger partial charge >= 0.3 is 0 Å². The number of imidazole rings is 1. The van der Waals surface area contributed by atoms with Crippen molar-refractivity contribution in [3.8, 4) is 10.7 Å². The molecule has 1 fully saturated rings. The number of aliphatic hydroxyl groups excluding tert-OH is 1. The van der Waals surface area contributed by atoms with Crippen molar-refractivity contribution in [2.24, 2.45) is 0 Å². The summed E-state index contributed by atoms with van der Waals surface area (Å²) in [6.07, 6.45) is 3.38. The Hall–Kier alpha value is -1.21. The lowest BCUT2D eigenvalue weighted by Gasteiger charge is -2.29. The molecule has 1 aliphatic rings. The third kappa shape index (κ3) is 3.27. The maximum Gasteiger partial charge on any atom is 0.150 e. The number of hydrogen-bond donors (Lipinski definition) is 2. The highest BCUT2D eigenvalue weighted by Crippen LogP contribution is 2.23. The maximum atomic E-state index is 10.3. The number of nitrogens with one attached hydrogen (secondary N) is 1. The number of piperazine rings is 1. The van der Waals surface area contributed by atoms with E-state index in [0.29, 0.717) is 6.54 Å². The molecule has 0 spiro atoms. The predicted molar refractivity (Wildman–Crippen MR) is 80.9 cm³/mol. The lowest BCUT2D eigenvalue weighted by molar-refractivity contribution is 0.0921. The van der Waals surface area contributed by atoms with E-state index < -0.39 is 0 Å². The zero-order chi connectivity index (χ0) is 13.8. The molecule has 20 heavy (non-hydrogen) atoms. The Bertz CT molecular complexity index is 519. The van der Waals surface area contributed by atoms with Gasteiger partial charge in [-0.2, -0.15) is 0 Å². The Labute approximate surface area is 122 Å². The van der Waals surface area contributed by atoms with Crippen molar-refractivity contribution in [2.45, 2.75) is 12.6 Å². The van der Waals surface area contributed by atoms with E-state index in [9.17, 15) is 5.11 Å². The van der Waals surface area contributed by atoms with Crippen molar-refractivity contribution in [1.82, 2.24) is 19.8 Å². The van der Waals surface area contributed by atoms with Gasteiger partial charge in [0.15, 0.2) is 0 Å². The first-order valence-electron chi connectivity index (χ1n) is 6.99. The molecule has 6 heteroatoms. The molecule has 1 atom stereocenters. The first kappa shape index (κ1) is 13.8. The van der Waals surface area contributed by atoms with E-state index in [1.54, 1.807) is 17.5 Å². The number of aromatic nitrogens is 2. The first-order chi connectivity index (χ1) is 9.83. The van der Waals surface area contributed by atoms with E-state index in [0.717, 1.165) is 43.4 Å². The summed E-state index contributed by atoms with van der Waals surface area (Å²) in [6, 6.07) is 4.09. The second kappa shape index (κ2) is 6.49. The summed E-state index contributed by atoms with van der Waals surface area (Å²) in [4.78, 5) is 7.85. The van der Waals surface area contributed by atoms with Crippen molar-refractivity contribution < 1.29 is 5.11 Å². The molecule has 5 nitrogen and oxygen atoms in total. The Morgan fingerprint density at radius 1 is 1.35 bits per heavy atom. The number of hydrogen-bond acceptors (Lipinski definition) is 5. The highest BCUT2D eigenvalue weighted by molar-refractivity contribution is 7.13. The molecule has 0 bridgehead atoms. The van der Waals surface area contributed by atoms with E-state index >= 15 is 0 Å². The van der Waals surface area contributed by atoms with Crippen LogP contribution in [0.5, 0.6) is 0 Å². The standard InChI is InChI=1S/C14H20N4OS/c19-12(10-17-6-3-15-4-7-17)11-18-8-5-16-14(18)13-2-1-9-20-13/h1-2,5,8-9,12,15,19H,3-4,6-7,10-11H2. The molecule has 2 aromatic rings. The minimum atomic E-state index is -0.360. The molecule has 0 aromatic carbocycles. The van der Waals surface area contributed by atoms with E-state index in [1.165, 1.54) is 0 Å². The molecule has 2 aromatic heterocycles. The van der Waals surface area contributed by atoms with Gasteiger partial charge in [0.2, 0.25) is 0 Å². The number of β-amino-alcohol motifs (C(OH)–C–C–N with tert-alkyl or cyclic N) is 1. The molecular formula is C14H20N4OS. The van der Waals surface area contributed by atoms with Crippen molar-refractivity contribution in [1.29, 1.82) is 0 Å². The average molecular weight is 292 g/mol. The third-order valence-corrected chi connectivity index (χ3v) is 4.41. The van der Waals surface area contributed by atoms with Crippen molar-refractivity contribution in [3.63, 3.8) is 0 Å². The zero-order valence-electron chi connectivity index (χ0n) is 11.4. The van der Waals surface area contributed by atoms with Crippen LogP contribution < -0.4 is 5.32 Å². The number of thiophene rings is 1. The van der Waals surface area contributed by atoms with Crippen molar-refractivity contribution in [3.05, 3.63) is 29.9 Å². The van der Waals surface area contributed by atoms with Gasteiger partial charge < -0.3 is 15.0 Å². The van der Waals surface area contributed by atoms with Crippen LogP contribution in [0.3, 0.4) is 0 Å². The predicted octanol–water partition coefficient (Wildman–Crippen LogP) is 0.878. The molecule has 1 saturated heterocycles. The van der Waals surface area contributed by atoms with Gasteiger partial charge in [-0.05, 0) is 11.4 Å². The number of aliphatic hydroxyl groups is 1. The van der Waals surface area contributed by atoms with Crippen LogP contribution in [0, 0.1) is 0 Å². The van der Waals surface area contributed by atoms with Gasteiger partial charge in [0, 0.05) is 45.1 Å². The van der Waals surface area contributed by atoms with Crippen LogP contribution in [0.4, 0.5) is 0 Å². The van der Waals surface area contributed by atoms with Crippen LogP contribution in [0.1, 0.15) is 0 Å². The highest BCUT2D eigenvalue weighted by atomic mass is 32.1. The summed E-state index contributed by atoms with van der Waals surface area (Å²) < 4.78 is 2.04. The topological polar surface area (TPSA) is 53.3 Å². The lowest BCUT2D eigenvalue weighted by Crippen LogP contribution is -2.46. The summed E-state index contributed by atoms with van der Waals surface area (Å²) in [5.74, 6) is 0.944. The summed E-state index contributed by atoms with van der Waals surface area (Å²) in [6.45, 7) is 5.37. The smallest absolute Gasteiger partial charge is 0.150 e. The Morgan fingerprint density at radius 2 is 2.20 bits per heavy atom. The van der Waals surface area contributed by atoms with E-state index in [-0.39, 0.29) is 6.10 Å². The molecule has 2 N–H and O–H groups in total. The molecular weight excluding hydrogens is 272 g/mol. The first-order valence-corrected chi connectivity index (χ1v) is 7.87. The van der Waals surface area contributed by atoms with Crippen LogP contribution in [0.15, 0.2) is 29.9 Å². The fourth-order valence-corrected chi connectivity index (χ4v) is 3.30. The number of rotatable bonds is 5. The van der Waals surface area contributed by atoms with Gasteiger partial charge in [-0.1, -0.05) is 6.07 Å². The Balaban J connectivity index is 1.61. The Morgan fingerprint density at radius 3 is 2.95 bits per heavy atom. The SMILES string of the molecule is OC(CN1CCNCC1)Cn1ccnc1-c1cccs1. The minimum absolute atomic E-state index is 0.360. The second-order valence-corrected chi connectivity index (χ2v) is 6.03. The molecule has 0 amide bonds. The van der Waals surface area contributed by atoms with E-state index in [2.05, 4.69) is 21.3 Å². The second-order valence-electron chi connectivity index (χ2n) is 5.08. The molecule has 3 heterocycles. The zero-order valence-corrected chi connectivity index (χ0v) is 12.2. The normalized spacial score (nSPS) is 18.2. The highest BCUT2D eigenvalue weighted by Gasteiger charge is 2.16. The van der Waals surface area contributed by atoms with Gasteiger partial charge in [0.05, 0.1) is 17.5 Å². The van der Waals surface area contributed by atoms with Crippen LogP contribution in [0.2, 0.25) is 0 Å². The van der Waals surface area contributed by atoms with Crippen molar-refractivity contribution in [2.75, 3.05) is 32.7 Å². The van der Waals surface area contributed by atoms with Crippen LogP contribution >= 0.6 is 11.3 Å². The molecule has 3 rings (SSSR count). The van der Waals surface area contributed by atoms with Gasteiger partial charge in [-0.3, -0.25) is 4.90 Å². The monoisotopic (exact) mass is 292 g/mol. The fourth-order valence-electron chi connectivity index (χ4n) is 2.56.